The Morgan fingerprint density at radius 3 is 2.21 bits per heavy atom. The first kappa shape index (κ1) is 14.0. The van der Waals surface area contributed by atoms with E-state index in [0.29, 0.717) is 21.5 Å². The fourth-order valence-corrected chi connectivity index (χ4v) is 2.05. The summed E-state index contributed by atoms with van der Waals surface area (Å²) in [6.07, 6.45) is -0.870. The third kappa shape index (κ3) is 3.30. The van der Waals surface area contributed by atoms with Gasteiger partial charge < -0.3 is 9.84 Å². The topological polar surface area (TPSA) is 29.5 Å². The Bertz CT molecular complexity index is 600. The molecule has 1 atom stereocenters. The van der Waals surface area contributed by atoms with Crippen molar-refractivity contribution in [3.63, 3.8) is 0 Å². The molecule has 0 radical (unpaired) electrons. The van der Waals surface area contributed by atoms with Crippen LogP contribution in [0, 0.1) is 11.6 Å². The molecule has 0 fully saturated rings. The summed E-state index contributed by atoms with van der Waals surface area (Å²) in [5.74, 6) is -0.144. The maximum atomic E-state index is 13.2. The van der Waals surface area contributed by atoms with Crippen LogP contribution in [0.4, 0.5) is 8.78 Å². The minimum Gasteiger partial charge on any atom is -0.456 e. The highest BCUT2D eigenvalue weighted by Gasteiger charge is 2.13. The van der Waals surface area contributed by atoms with Crippen LogP contribution < -0.4 is 4.74 Å². The molecule has 1 N–H and O–H groups in total. The maximum Gasteiger partial charge on any atom is 0.141 e. The predicted octanol–water partition coefficient (Wildman–Crippen LogP) is 4.57. The molecule has 19 heavy (non-hydrogen) atoms. The number of rotatable bonds is 3. The number of benzene rings is 2. The normalized spacial score (nSPS) is 12.3. The highest BCUT2D eigenvalue weighted by atomic mass is 79.9. The van der Waals surface area contributed by atoms with Crippen LogP contribution in [-0.4, -0.2) is 5.11 Å². The third-order valence-corrected chi connectivity index (χ3v) is 3.16. The number of aliphatic hydroxyl groups excluding tert-OH is 1. The van der Waals surface area contributed by atoms with Gasteiger partial charge in [-0.05, 0) is 59.3 Å². The van der Waals surface area contributed by atoms with Crippen LogP contribution >= 0.6 is 15.9 Å². The molecule has 2 aromatic rings. The Labute approximate surface area is 117 Å². The summed E-state index contributed by atoms with van der Waals surface area (Å²) >= 11 is 3.18. The zero-order valence-electron chi connectivity index (χ0n) is 10.0. The fourth-order valence-electron chi connectivity index (χ4n) is 1.62. The first-order valence-corrected chi connectivity index (χ1v) is 6.37. The lowest BCUT2D eigenvalue weighted by molar-refractivity contribution is 0.195. The second-order valence-electron chi connectivity index (χ2n) is 4.03. The Hall–Kier alpha value is -1.46. The monoisotopic (exact) mass is 328 g/mol. The standard InChI is InChI=1S/C14H11BrF2O2/c1-8(18)11-6-9(16)2-4-13(11)19-14-5-3-10(17)7-12(14)15/h2-8,18H,1H3/t8-/m0/s1. The second-order valence-corrected chi connectivity index (χ2v) is 4.89. The number of hydrogen-bond donors (Lipinski definition) is 1. The van der Waals surface area contributed by atoms with E-state index in [1.165, 1.54) is 43.3 Å². The van der Waals surface area contributed by atoms with Crippen molar-refractivity contribution in [3.8, 4) is 11.5 Å². The Morgan fingerprint density at radius 2 is 1.63 bits per heavy atom. The SMILES string of the molecule is C[C@H](O)c1cc(F)ccc1Oc1ccc(F)cc1Br. The first-order chi connectivity index (χ1) is 8.97. The number of ether oxygens (including phenoxy) is 1. The highest BCUT2D eigenvalue weighted by molar-refractivity contribution is 9.10. The van der Waals surface area contributed by atoms with Crippen molar-refractivity contribution in [3.05, 3.63) is 58.1 Å². The molecule has 0 aromatic heterocycles. The van der Waals surface area contributed by atoms with E-state index in [1.54, 1.807) is 0 Å². The molecule has 0 aliphatic heterocycles. The zero-order chi connectivity index (χ0) is 14.0. The van der Waals surface area contributed by atoms with Crippen LogP contribution in [0.15, 0.2) is 40.9 Å². The van der Waals surface area contributed by atoms with Crippen LogP contribution in [-0.2, 0) is 0 Å². The molecule has 5 heteroatoms. The Morgan fingerprint density at radius 1 is 1.05 bits per heavy atom. The fraction of sp³-hybridized carbons (Fsp3) is 0.143. The highest BCUT2D eigenvalue weighted by Crippen LogP contribution is 2.34. The van der Waals surface area contributed by atoms with E-state index in [2.05, 4.69) is 15.9 Å². The van der Waals surface area contributed by atoms with Crippen molar-refractivity contribution in [2.75, 3.05) is 0 Å². The molecule has 2 aromatic carbocycles. The molecule has 2 rings (SSSR count). The van der Waals surface area contributed by atoms with E-state index in [4.69, 9.17) is 4.74 Å². The van der Waals surface area contributed by atoms with Gasteiger partial charge in [0.05, 0.1) is 10.6 Å². The van der Waals surface area contributed by atoms with Crippen molar-refractivity contribution in [2.24, 2.45) is 0 Å². The van der Waals surface area contributed by atoms with Crippen molar-refractivity contribution >= 4 is 15.9 Å². The molecular weight excluding hydrogens is 318 g/mol. The molecule has 0 amide bonds. The molecule has 2 nitrogen and oxygen atoms in total. The summed E-state index contributed by atoms with van der Waals surface area (Å²) < 4.78 is 32.1. The van der Waals surface area contributed by atoms with Crippen LogP contribution in [0.1, 0.15) is 18.6 Å². The zero-order valence-corrected chi connectivity index (χ0v) is 11.6. The van der Waals surface area contributed by atoms with Gasteiger partial charge >= 0.3 is 0 Å². The van der Waals surface area contributed by atoms with Gasteiger partial charge in [-0.15, -0.1) is 0 Å². The lowest BCUT2D eigenvalue weighted by atomic mass is 10.1. The Balaban J connectivity index is 2.38. The van der Waals surface area contributed by atoms with Crippen molar-refractivity contribution in [2.45, 2.75) is 13.0 Å². The summed E-state index contributed by atoms with van der Waals surface area (Å²) in [6, 6.07) is 7.84. The molecule has 0 saturated carbocycles. The van der Waals surface area contributed by atoms with Crippen LogP contribution in [0.2, 0.25) is 0 Å². The summed E-state index contributed by atoms with van der Waals surface area (Å²) in [5.41, 5.74) is 0.330. The third-order valence-electron chi connectivity index (χ3n) is 2.54. The summed E-state index contributed by atoms with van der Waals surface area (Å²) in [6.45, 7) is 1.52. The number of hydrogen-bond acceptors (Lipinski definition) is 2. The van der Waals surface area contributed by atoms with Crippen LogP contribution in [0.3, 0.4) is 0 Å². The van der Waals surface area contributed by atoms with Crippen molar-refractivity contribution in [1.82, 2.24) is 0 Å². The molecule has 0 aliphatic carbocycles. The molecule has 100 valence electrons. The van der Waals surface area contributed by atoms with Gasteiger partial charge in [0.1, 0.15) is 23.1 Å². The van der Waals surface area contributed by atoms with Gasteiger partial charge in [-0.1, -0.05) is 0 Å². The molecule has 0 saturated heterocycles. The molecule has 0 spiro atoms. The second kappa shape index (κ2) is 5.67. The predicted molar refractivity (Wildman–Crippen MR) is 71.2 cm³/mol. The quantitative estimate of drug-likeness (QED) is 0.894. The smallest absolute Gasteiger partial charge is 0.141 e. The van der Waals surface area contributed by atoms with Crippen LogP contribution in [0.25, 0.3) is 0 Å². The van der Waals surface area contributed by atoms with Gasteiger partial charge in [-0.25, -0.2) is 8.78 Å². The first-order valence-electron chi connectivity index (χ1n) is 5.58. The summed E-state index contributed by atoms with van der Waals surface area (Å²) in [7, 11) is 0. The van der Waals surface area contributed by atoms with Crippen molar-refractivity contribution in [1.29, 1.82) is 0 Å². The average Bonchev–Trinajstić information content (AvgIpc) is 2.34. The largest absolute Gasteiger partial charge is 0.456 e. The van der Waals surface area contributed by atoms with Gasteiger partial charge in [-0.3, -0.25) is 0 Å². The lowest BCUT2D eigenvalue weighted by Gasteiger charge is -2.14. The molecule has 0 heterocycles. The van der Waals surface area contributed by atoms with Gasteiger partial charge in [0, 0.05) is 5.56 Å². The Kier molecular flexibility index (Phi) is 4.17. The van der Waals surface area contributed by atoms with Gasteiger partial charge in [0.15, 0.2) is 0 Å². The van der Waals surface area contributed by atoms with E-state index in [0.717, 1.165) is 0 Å². The van der Waals surface area contributed by atoms with Crippen molar-refractivity contribution < 1.29 is 18.6 Å². The van der Waals surface area contributed by atoms with Crippen LogP contribution in [0.5, 0.6) is 11.5 Å². The average molecular weight is 329 g/mol. The minimum absolute atomic E-state index is 0.323. The lowest BCUT2D eigenvalue weighted by Crippen LogP contribution is -1.97. The molecule has 0 aliphatic rings. The molecule has 0 unspecified atom stereocenters. The van der Waals surface area contributed by atoms with Gasteiger partial charge in [0.2, 0.25) is 0 Å². The summed E-state index contributed by atoms with van der Waals surface area (Å²) in [5, 5.41) is 9.60. The van der Waals surface area contributed by atoms with E-state index >= 15 is 0 Å². The van der Waals surface area contributed by atoms with Gasteiger partial charge in [0.25, 0.3) is 0 Å². The minimum atomic E-state index is -0.870. The van der Waals surface area contributed by atoms with Gasteiger partial charge in [-0.2, -0.15) is 0 Å². The number of aliphatic hydroxyl groups is 1. The van der Waals surface area contributed by atoms with E-state index in [-0.39, 0.29) is 0 Å². The van der Waals surface area contributed by atoms with E-state index in [1.807, 2.05) is 0 Å². The molecular formula is C14H11BrF2O2. The van der Waals surface area contributed by atoms with E-state index < -0.39 is 17.7 Å². The maximum absolute atomic E-state index is 13.2. The van der Waals surface area contributed by atoms with E-state index in [9.17, 15) is 13.9 Å². The molecule has 0 bridgehead atoms. The summed E-state index contributed by atoms with van der Waals surface area (Å²) in [4.78, 5) is 0. The number of halogens is 3.